The van der Waals surface area contributed by atoms with Gasteiger partial charge in [-0.1, -0.05) is 25.5 Å². The molecule has 9 heteroatoms. The van der Waals surface area contributed by atoms with E-state index in [2.05, 4.69) is 0 Å². The molecule has 1 aromatic rings. The number of amides is 2. The highest BCUT2D eigenvalue weighted by molar-refractivity contribution is 8.18. The van der Waals surface area contributed by atoms with Crippen LogP contribution >= 0.6 is 11.8 Å². The van der Waals surface area contributed by atoms with Crippen LogP contribution in [0.4, 0.5) is 4.79 Å². The van der Waals surface area contributed by atoms with Crippen LogP contribution in [0.3, 0.4) is 0 Å². The molecule has 2 amide bonds. The highest BCUT2D eigenvalue weighted by Gasteiger charge is 2.36. The van der Waals surface area contributed by atoms with Gasteiger partial charge in [-0.25, -0.2) is 4.79 Å². The summed E-state index contributed by atoms with van der Waals surface area (Å²) in [6, 6.07) is 6.65. The van der Waals surface area contributed by atoms with Gasteiger partial charge < -0.3 is 14.2 Å². The summed E-state index contributed by atoms with van der Waals surface area (Å²) in [4.78, 5) is 48.7. The van der Waals surface area contributed by atoms with Gasteiger partial charge in [0.25, 0.3) is 11.1 Å². The first kappa shape index (κ1) is 22.5. The molecule has 1 heterocycles. The van der Waals surface area contributed by atoms with E-state index in [1.165, 1.54) is 0 Å². The van der Waals surface area contributed by atoms with Crippen molar-refractivity contribution in [1.29, 1.82) is 0 Å². The van der Waals surface area contributed by atoms with Crippen molar-refractivity contribution in [1.82, 2.24) is 4.90 Å². The molecule has 29 heavy (non-hydrogen) atoms. The van der Waals surface area contributed by atoms with E-state index in [1.807, 2.05) is 6.92 Å². The van der Waals surface area contributed by atoms with Crippen molar-refractivity contribution in [3.63, 3.8) is 0 Å². The van der Waals surface area contributed by atoms with Gasteiger partial charge in [-0.3, -0.25) is 19.3 Å². The zero-order valence-electron chi connectivity index (χ0n) is 16.3. The lowest BCUT2D eigenvalue weighted by Crippen LogP contribution is -2.34. The fraction of sp³-hybridized carbons (Fsp3) is 0.400. The summed E-state index contributed by atoms with van der Waals surface area (Å²) >= 11 is 0.769. The molecule has 0 aliphatic carbocycles. The average Bonchev–Trinajstić information content (AvgIpc) is 2.95. The molecule has 0 aromatic heterocycles. The normalized spacial score (nSPS) is 15.0. The zero-order chi connectivity index (χ0) is 21.2. The van der Waals surface area contributed by atoms with Gasteiger partial charge in [-0.05, 0) is 48.9 Å². The first-order valence-electron chi connectivity index (χ1n) is 9.24. The number of carbonyl (C=O) groups is 4. The third-order valence-electron chi connectivity index (χ3n) is 3.76. The van der Waals surface area contributed by atoms with Gasteiger partial charge in [-0.2, -0.15) is 0 Å². The predicted molar refractivity (Wildman–Crippen MR) is 107 cm³/mol. The van der Waals surface area contributed by atoms with Gasteiger partial charge in [0.2, 0.25) is 0 Å². The molecule has 8 nitrogen and oxygen atoms in total. The lowest BCUT2D eigenvalue weighted by Gasteiger charge is -2.11. The predicted octanol–water partition coefficient (Wildman–Crippen LogP) is 3.01. The summed E-state index contributed by atoms with van der Waals surface area (Å²) in [6.07, 6.45) is 3.17. The topological polar surface area (TPSA) is 99.2 Å². The van der Waals surface area contributed by atoms with Crippen LogP contribution < -0.4 is 4.74 Å². The van der Waals surface area contributed by atoms with Gasteiger partial charge >= 0.3 is 11.9 Å². The van der Waals surface area contributed by atoms with E-state index in [9.17, 15) is 19.2 Å². The van der Waals surface area contributed by atoms with E-state index in [-0.39, 0.29) is 24.7 Å². The Bertz CT molecular complexity index is 789. The lowest BCUT2D eigenvalue weighted by atomic mass is 10.2. The van der Waals surface area contributed by atoms with E-state index >= 15 is 0 Å². The maximum Gasteiger partial charge on any atom is 0.344 e. The maximum absolute atomic E-state index is 12.4. The first-order chi connectivity index (χ1) is 13.9. The summed E-state index contributed by atoms with van der Waals surface area (Å²) in [5.41, 5.74) is 0.671. The fourth-order valence-electron chi connectivity index (χ4n) is 2.30. The van der Waals surface area contributed by atoms with Crippen LogP contribution in [0.5, 0.6) is 5.75 Å². The standard InChI is InChI=1S/C20H23NO7S/c1-3-5-10-27-17(22)12-21-19(24)16(29-20(21)25)11-14-6-8-15(9-7-14)28-13-18(23)26-4-2/h6-9,11H,3-5,10,12-13H2,1-2H3/b16-11-. The molecule has 156 valence electrons. The second-order valence-corrected chi connectivity index (χ2v) is 7.00. The van der Waals surface area contributed by atoms with Crippen molar-refractivity contribution >= 4 is 40.9 Å². The smallest absolute Gasteiger partial charge is 0.344 e. The molecule has 0 spiro atoms. The summed E-state index contributed by atoms with van der Waals surface area (Å²) in [7, 11) is 0. The van der Waals surface area contributed by atoms with Gasteiger partial charge in [-0.15, -0.1) is 0 Å². The maximum atomic E-state index is 12.4. The quantitative estimate of drug-likeness (QED) is 0.323. The lowest BCUT2D eigenvalue weighted by molar-refractivity contribution is -0.146. The number of unbranched alkanes of at least 4 members (excludes halogenated alkanes) is 1. The van der Waals surface area contributed by atoms with Crippen LogP contribution in [0, 0.1) is 0 Å². The Labute approximate surface area is 173 Å². The number of thioether (sulfide) groups is 1. The minimum atomic E-state index is -0.606. The third-order valence-corrected chi connectivity index (χ3v) is 4.67. The van der Waals surface area contributed by atoms with Crippen molar-refractivity contribution in [2.75, 3.05) is 26.4 Å². The van der Waals surface area contributed by atoms with Crippen molar-refractivity contribution in [3.05, 3.63) is 34.7 Å². The Morgan fingerprint density at radius 3 is 2.45 bits per heavy atom. The van der Waals surface area contributed by atoms with Gasteiger partial charge in [0, 0.05) is 0 Å². The monoisotopic (exact) mass is 421 g/mol. The van der Waals surface area contributed by atoms with Crippen LogP contribution in [0.15, 0.2) is 29.2 Å². The number of rotatable bonds is 10. The highest BCUT2D eigenvalue weighted by atomic mass is 32.2. The Kier molecular flexibility index (Phi) is 8.72. The SMILES string of the molecule is CCCCOC(=O)CN1C(=O)S/C(=C\c2ccc(OCC(=O)OCC)cc2)C1=O. The fourth-order valence-corrected chi connectivity index (χ4v) is 3.14. The summed E-state index contributed by atoms with van der Waals surface area (Å²) < 4.78 is 15.1. The summed E-state index contributed by atoms with van der Waals surface area (Å²) in [5.74, 6) is -1.13. The molecule has 2 rings (SSSR count). The molecule has 0 bridgehead atoms. The molecule has 1 fully saturated rings. The van der Waals surface area contributed by atoms with Crippen molar-refractivity contribution in [2.45, 2.75) is 26.7 Å². The molecule has 0 radical (unpaired) electrons. The minimum Gasteiger partial charge on any atom is -0.482 e. The molecule has 0 unspecified atom stereocenters. The van der Waals surface area contributed by atoms with Crippen molar-refractivity contribution in [3.8, 4) is 5.75 Å². The van der Waals surface area contributed by atoms with Crippen LogP contribution in [-0.4, -0.2) is 54.4 Å². The van der Waals surface area contributed by atoms with E-state index in [4.69, 9.17) is 14.2 Å². The molecule has 1 saturated heterocycles. The Balaban J connectivity index is 1.94. The number of hydrogen-bond donors (Lipinski definition) is 0. The van der Waals surface area contributed by atoms with E-state index in [0.29, 0.717) is 11.3 Å². The van der Waals surface area contributed by atoms with Crippen LogP contribution in [0.25, 0.3) is 6.08 Å². The Morgan fingerprint density at radius 2 is 1.79 bits per heavy atom. The molecule has 1 aliphatic heterocycles. The van der Waals surface area contributed by atoms with E-state index in [1.54, 1.807) is 37.3 Å². The molecule has 1 aromatic carbocycles. The van der Waals surface area contributed by atoms with Crippen molar-refractivity contribution in [2.24, 2.45) is 0 Å². The largest absolute Gasteiger partial charge is 0.482 e. The van der Waals surface area contributed by atoms with Crippen LogP contribution in [-0.2, 0) is 23.9 Å². The van der Waals surface area contributed by atoms with Gasteiger partial charge in [0.05, 0.1) is 18.1 Å². The van der Waals surface area contributed by atoms with Crippen LogP contribution in [0.2, 0.25) is 0 Å². The molecule has 0 atom stereocenters. The summed E-state index contributed by atoms with van der Waals surface area (Å²) in [5, 5.41) is -0.511. The Morgan fingerprint density at radius 1 is 1.07 bits per heavy atom. The molecule has 0 N–H and O–H groups in total. The van der Waals surface area contributed by atoms with Crippen molar-refractivity contribution < 1.29 is 33.4 Å². The Hall–Kier alpha value is -2.81. The number of esters is 2. The number of carbonyl (C=O) groups excluding carboxylic acids is 4. The second-order valence-electron chi connectivity index (χ2n) is 6.00. The van der Waals surface area contributed by atoms with Gasteiger partial charge in [0.1, 0.15) is 12.3 Å². The molecule has 1 aliphatic rings. The number of nitrogens with zero attached hydrogens (tertiary/aromatic N) is 1. The number of imide groups is 1. The second kappa shape index (κ2) is 11.3. The molecular formula is C20H23NO7S. The zero-order valence-corrected chi connectivity index (χ0v) is 17.2. The minimum absolute atomic E-state index is 0.194. The molecule has 0 saturated carbocycles. The number of hydrogen-bond acceptors (Lipinski definition) is 8. The molecular weight excluding hydrogens is 398 g/mol. The number of benzene rings is 1. The van der Waals surface area contributed by atoms with Gasteiger partial charge in [0.15, 0.2) is 6.61 Å². The summed E-state index contributed by atoms with van der Waals surface area (Å²) in [6.45, 7) is 3.64. The average molecular weight is 421 g/mol. The van der Waals surface area contributed by atoms with E-state index in [0.717, 1.165) is 29.5 Å². The van der Waals surface area contributed by atoms with E-state index < -0.39 is 29.6 Å². The first-order valence-corrected chi connectivity index (χ1v) is 10.1. The highest BCUT2D eigenvalue weighted by Crippen LogP contribution is 2.32. The third kappa shape index (κ3) is 6.94. The van der Waals surface area contributed by atoms with Crippen LogP contribution in [0.1, 0.15) is 32.3 Å². The number of ether oxygens (including phenoxy) is 3.